The molecular weight excluding hydrogens is 250 g/mol. The van der Waals surface area contributed by atoms with E-state index >= 15 is 0 Å². The molecule has 5 nitrogen and oxygen atoms in total. The summed E-state index contributed by atoms with van der Waals surface area (Å²) < 4.78 is 28.5. The first-order chi connectivity index (χ1) is 8.58. The lowest BCUT2D eigenvalue weighted by atomic mass is 10.0. The van der Waals surface area contributed by atoms with Crippen molar-refractivity contribution >= 4 is 10.2 Å². The molecule has 2 heterocycles. The number of rotatable bonds is 5. The van der Waals surface area contributed by atoms with Gasteiger partial charge in [0.1, 0.15) is 0 Å². The van der Waals surface area contributed by atoms with Gasteiger partial charge in [0.2, 0.25) is 0 Å². The zero-order valence-corrected chi connectivity index (χ0v) is 12.0. The van der Waals surface area contributed by atoms with Crippen LogP contribution >= 0.6 is 0 Å². The van der Waals surface area contributed by atoms with Gasteiger partial charge in [-0.2, -0.15) is 12.7 Å². The van der Waals surface area contributed by atoms with E-state index in [1.165, 1.54) is 6.42 Å². The summed E-state index contributed by atoms with van der Waals surface area (Å²) in [7, 11) is -3.24. The summed E-state index contributed by atoms with van der Waals surface area (Å²) in [6.07, 6.45) is 4.07. The summed E-state index contributed by atoms with van der Waals surface area (Å²) in [6, 6.07) is 0. The number of hydrogen-bond donors (Lipinski definition) is 2. The van der Waals surface area contributed by atoms with Crippen molar-refractivity contribution < 1.29 is 8.42 Å². The fourth-order valence-electron chi connectivity index (χ4n) is 2.67. The fourth-order valence-corrected chi connectivity index (χ4v) is 3.92. The maximum absolute atomic E-state index is 12.1. The molecule has 6 heteroatoms. The second-order valence-electron chi connectivity index (χ2n) is 5.63. The molecule has 1 unspecified atom stereocenters. The smallest absolute Gasteiger partial charge is 0.279 e. The third kappa shape index (κ3) is 3.91. The van der Waals surface area contributed by atoms with E-state index in [9.17, 15) is 8.42 Å². The zero-order valence-electron chi connectivity index (χ0n) is 11.2. The number of nitrogens with zero attached hydrogens (tertiary/aromatic N) is 1. The summed E-state index contributed by atoms with van der Waals surface area (Å²) in [6.45, 7) is 6.19. The van der Waals surface area contributed by atoms with Crippen LogP contribution in [0.25, 0.3) is 0 Å². The molecule has 2 saturated heterocycles. The second-order valence-corrected chi connectivity index (χ2v) is 7.38. The highest BCUT2D eigenvalue weighted by atomic mass is 32.2. The number of hydrogen-bond acceptors (Lipinski definition) is 3. The SMILES string of the molecule is CC1CCN(S(=O)(=O)NCCC2CCNC2)CC1. The minimum absolute atomic E-state index is 0.570. The van der Waals surface area contributed by atoms with Crippen LogP contribution in [0.15, 0.2) is 0 Å². The molecule has 106 valence electrons. The molecule has 0 saturated carbocycles. The number of piperidine rings is 1. The van der Waals surface area contributed by atoms with E-state index in [2.05, 4.69) is 17.0 Å². The van der Waals surface area contributed by atoms with Gasteiger partial charge < -0.3 is 5.32 Å². The standard InChI is InChI=1S/C12H25N3O2S/c1-11-4-8-15(9-5-11)18(16,17)14-7-3-12-2-6-13-10-12/h11-14H,2-10H2,1H3. The van der Waals surface area contributed by atoms with Crippen molar-refractivity contribution in [2.24, 2.45) is 11.8 Å². The topological polar surface area (TPSA) is 61.4 Å². The van der Waals surface area contributed by atoms with Crippen LogP contribution in [0.3, 0.4) is 0 Å². The van der Waals surface area contributed by atoms with Crippen LogP contribution in [0.2, 0.25) is 0 Å². The van der Waals surface area contributed by atoms with Gasteiger partial charge >= 0.3 is 0 Å². The molecule has 2 rings (SSSR count). The van der Waals surface area contributed by atoms with Crippen molar-refractivity contribution in [1.82, 2.24) is 14.3 Å². The Morgan fingerprint density at radius 2 is 2.00 bits per heavy atom. The molecule has 0 amide bonds. The van der Waals surface area contributed by atoms with Crippen molar-refractivity contribution in [2.45, 2.75) is 32.6 Å². The van der Waals surface area contributed by atoms with Gasteiger partial charge in [-0.25, -0.2) is 4.72 Å². The summed E-state index contributed by atoms with van der Waals surface area (Å²) in [4.78, 5) is 0. The fraction of sp³-hybridized carbons (Fsp3) is 1.00. The van der Waals surface area contributed by atoms with Gasteiger partial charge in [0, 0.05) is 19.6 Å². The summed E-state index contributed by atoms with van der Waals surface area (Å²) in [5.41, 5.74) is 0. The molecule has 2 aliphatic rings. The Morgan fingerprint density at radius 3 is 2.61 bits per heavy atom. The van der Waals surface area contributed by atoms with Gasteiger partial charge in [-0.15, -0.1) is 0 Å². The third-order valence-corrected chi connectivity index (χ3v) is 5.70. The van der Waals surface area contributed by atoms with Gasteiger partial charge in [0.15, 0.2) is 0 Å². The molecular formula is C12H25N3O2S. The van der Waals surface area contributed by atoms with Crippen LogP contribution in [0.4, 0.5) is 0 Å². The molecule has 2 aliphatic heterocycles. The summed E-state index contributed by atoms with van der Waals surface area (Å²) >= 11 is 0. The molecule has 0 aromatic carbocycles. The van der Waals surface area contributed by atoms with Gasteiger partial charge in [-0.05, 0) is 50.6 Å². The van der Waals surface area contributed by atoms with Crippen molar-refractivity contribution in [3.8, 4) is 0 Å². The lowest BCUT2D eigenvalue weighted by Gasteiger charge is -2.29. The van der Waals surface area contributed by atoms with E-state index in [4.69, 9.17) is 0 Å². The number of nitrogens with one attached hydrogen (secondary N) is 2. The molecule has 2 fully saturated rings. The van der Waals surface area contributed by atoms with Crippen LogP contribution in [-0.4, -0.2) is 45.4 Å². The first kappa shape index (κ1) is 14.2. The van der Waals surface area contributed by atoms with Crippen molar-refractivity contribution in [2.75, 3.05) is 32.7 Å². The summed E-state index contributed by atoms with van der Waals surface area (Å²) in [5, 5.41) is 3.30. The minimum atomic E-state index is -3.24. The largest absolute Gasteiger partial charge is 0.316 e. The molecule has 0 aliphatic carbocycles. The Kier molecular flexibility index (Phi) is 5.00. The highest BCUT2D eigenvalue weighted by Gasteiger charge is 2.26. The van der Waals surface area contributed by atoms with Crippen LogP contribution < -0.4 is 10.0 Å². The molecule has 0 aromatic rings. The predicted molar refractivity (Wildman–Crippen MR) is 72.5 cm³/mol. The van der Waals surface area contributed by atoms with Crippen LogP contribution in [0.5, 0.6) is 0 Å². The first-order valence-corrected chi connectivity index (χ1v) is 8.47. The molecule has 1 atom stereocenters. The van der Waals surface area contributed by atoms with Crippen molar-refractivity contribution in [3.05, 3.63) is 0 Å². The quantitative estimate of drug-likeness (QED) is 0.770. The Hall–Kier alpha value is -0.170. The van der Waals surface area contributed by atoms with Gasteiger partial charge in [0.25, 0.3) is 10.2 Å². The second kappa shape index (κ2) is 6.32. The molecule has 0 spiro atoms. The highest BCUT2D eigenvalue weighted by Crippen LogP contribution is 2.18. The van der Waals surface area contributed by atoms with E-state index in [1.54, 1.807) is 4.31 Å². The Morgan fingerprint density at radius 1 is 1.28 bits per heavy atom. The molecule has 0 bridgehead atoms. The van der Waals surface area contributed by atoms with Crippen molar-refractivity contribution in [3.63, 3.8) is 0 Å². The molecule has 0 radical (unpaired) electrons. The first-order valence-electron chi connectivity index (χ1n) is 7.03. The van der Waals surface area contributed by atoms with Crippen LogP contribution in [0, 0.1) is 11.8 Å². The van der Waals surface area contributed by atoms with E-state index in [1.807, 2.05) is 0 Å². The average molecular weight is 275 g/mol. The highest BCUT2D eigenvalue weighted by molar-refractivity contribution is 7.87. The van der Waals surface area contributed by atoms with E-state index < -0.39 is 10.2 Å². The maximum atomic E-state index is 12.1. The normalized spacial score (nSPS) is 27.7. The molecule has 0 aromatic heterocycles. The third-order valence-electron chi connectivity index (χ3n) is 4.08. The Labute approximate surface area is 110 Å². The van der Waals surface area contributed by atoms with E-state index in [-0.39, 0.29) is 0 Å². The summed E-state index contributed by atoms with van der Waals surface area (Å²) in [5.74, 6) is 1.29. The average Bonchev–Trinajstić information content (AvgIpc) is 2.82. The lowest BCUT2D eigenvalue weighted by molar-refractivity contribution is 0.284. The van der Waals surface area contributed by atoms with E-state index in [0.29, 0.717) is 31.5 Å². The molecule has 2 N–H and O–H groups in total. The Balaban J connectivity index is 1.72. The lowest BCUT2D eigenvalue weighted by Crippen LogP contribution is -2.45. The predicted octanol–water partition coefficient (Wildman–Crippen LogP) is 0.552. The van der Waals surface area contributed by atoms with Gasteiger partial charge in [-0.3, -0.25) is 0 Å². The van der Waals surface area contributed by atoms with Crippen LogP contribution in [-0.2, 0) is 10.2 Å². The maximum Gasteiger partial charge on any atom is 0.279 e. The van der Waals surface area contributed by atoms with E-state index in [0.717, 1.165) is 32.4 Å². The monoisotopic (exact) mass is 275 g/mol. The van der Waals surface area contributed by atoms with Crippen LogP contribution in [0.1, 0.15) is 32.6 Å². The van der Waals surface area contributed by atoms with Gasteiger partial charge in [-0.1, -0.05) is 6.92 Å². The van der Waals surface area contributed by atoms with Gasteiger partial charge in [0.05, 0.1) is 0 Å². The Bertz CT molecular complexity index is 344. The van der Waals surface area contributed by atoms with Crippen molar-refractivity contribution in [1.29, 1.82) is 0 Å². The molecule has 18 heavy (non-hydrogen) atoms. The minimum Gasteiger partial charge on any atom is -0.316 e. The zero-order chi connectivity index (χ0) is 13.0.